The molecule has 110 valence electrons. The van der Waals surface area contributed by atoms with Crippen LogP contribution in [0.2, 0.25) is 0 Å². The van der Waals surface area contributed by atoms with Crippen molar-refractivity contribution in [3.8, 4) is 5.75 Å². The van der Waals surface area contributed by atoms with Crippen molar-refractivity contribution in [2.45, 2.75) is 25.9 Å². The molecule has 0 amide bonds. The van der Waals surface area contributed by atoms with Crippen molar-refractivity contribution in [1.82, 2.24) is 0 Å². The SMILES string of the molecule is CCO[C@H](Cc1ccc(OCCC(=O)O)cc1)C(=O)O. The highest BCUT2D eigenvalue weighted by molar-refractivity contribution is 5.72. The zero-order valence-electron chi connectivity index (χ0n) is 11.2. The molecule has 0 saturated heterocycles. The van der Waals surface area contributed by atoms with Crippen LogP contribution in [-0.4, -0.2) is 41.5 Å². The van der Waals surface area contributed by atoms with Gasteiger partial charge in [-0.25, -0.2) is 4.79 Å². The van der Waals surface area contributed by atoms with E-state index in [0.29, 0.717) is 12.4 Å². The van der Waals surface area contributed by atoms with Crippen molar-refractivity contribution in [1.29, 1.82) is 0 Å². The van der Waals surface area contributed by atoms with Crippen molar-refractivity contribution in [3.05, 3.63) is 29.8 Å². The molecule has 0 heterocycles. The Morgan fingerprint density at radius 2 is 1.85 bits per heavy atom. The lowest BCUT2D eigenvalue weighted by Gasteiger charge is -2.12. The molecule has 0 unspecified atom stereocenters. The van der Waals surface area contributed by atoms with Gasteiger partial charge >= 0.3 is 11.9 Å². The Labute approximate surface area is 116 Å². The molecular formula is C14H18O6. The van der Waals surface area contributed by atoms with Gasteiger partial charge in [0.05, 0.1) is 13.0 Å². The molecule has 1 rings (SSSR count). The normalized spacial score (nSPS) is 11.8. The van der Waals surface area contributed by atoms with E-state index >= 15 is 0 Å². The van der Waals surface area contributed by atoms with E-state index in [1.807, 2.05) is 0 Å². The predicted molar refractivity (Wildman–Crippen MR) is 70.9 cm³/mol. The Morgan fingerprint density at radius 1 is 1.20 bits per heavy atom. The average Bonchev–Trinajstić information content (AvgIpc) is 2.39. The summed E-state index contributed by atoms with van der Waals surface area (Å²) >= 11 is 0. The van der Waals surface area contributed by atoms with Gasteiger partial charge in [-0.05, 0) is 24.6 Å². The highest BCUT2D eigenvalue weighted by Gasteiger charge is 2.17. The summed E-state index contributed by atoms with van der Waals surface area (Å²) in [4.78, 5) is 21.3. The zero-order valence-corrected chi connectivity index (χ0v) is 11.2. The fourth-order valence-corrected chi connectivity index (χ4v) is 1.61. The number of carbonyl (C=O) groups is 2. The maximum absolute atomic E-state index is 11.0. The minimum absolute atomic E-state index is 0.0623. The molecule has 1 aromatic rings. The first kappa shape index (κ1) is 16.0. The maximum atomic E-state index is 11.0. The van der Waals surface area contributed by atoms with Crippen LogP contribution >= 0.6 is 0 Å². The van der Waals surface area contributed by atoms with Gasteiger partial charge in [0.2, 0.25) is 0 Å². The summed E-state index contributed by atoms with van der Waals surface area (Å²) < 4.78 is 10.4. The molecule has 0 fully saturated rings. The molecule has 1 atom stereocenters. The van der Waals surface area contributed by atoms with Crippen LogP contribution in [0.4, 0.5) is 0 Å². The zero-order chi connectivity index (χ0) is 15.0. The van der Waals surface area contributed by atoms with Crippen molar-refractivity contribution >= 4 is 11.9 Å². The maximum Gasteiger partial charge on any atom is 0.333 e. The molecule has 0 saturated carbocycles. The number of rotatable bonds is 9. The van der Waals surface area contributed by atoms with Gasteiger partial charge in [-0.15, -0.1) is 0 Å². The minimum Gasteiger partial charge on any atom is -0.493 e. The van der Waals surface area contributed by atoms with Crippen LogP contribution in [0.1, 0.15) is 18.9 Å². The quantitative estimate of drug-likeness (QED) is 0.714. The predicted octanol–water partition coefficient (Wildman–Crippen LogP) is 1.57. The lowest BCUT2D eigenvalue weighted by atomic mass is 10.1. The van der Waals surface area contributed by atoms with Crippen LogP contribution in [0.5, 0.6) is 5.75 Å². The fraction of sp³-hybridized carbons (Fsp3) is 0.429. The number of benzene rings is 1. The number of ether oxygens (including phenoxy) is 2. The third kappa shape index (κ3) is 5.71. The Bertz CT molecular complexity index is 439. The smallest absolute Gasteiger partial charge is 0.333 e. The third-order valence-corrected chi connectivity index (χ3v) is 2.57. The van der Waals surface area contributed by atoms with Crippen LogP contribution in [0, 0.1) is 0 Å². The lowest BCUT2D eigenvalue weighted by molar-refractivity contribution is -0.150. The van der Waals surface area contributed by atoms with E-state index in [2.05, 4.69) is 0 Å². The van der Waals surface area contributed by atoms with Crippen LogP contribution in [0.3, 0.4) is 0 Å². The first-order chi connectivity index (χ1) is 9.52. The van der Waals surface area contributed by atoms with E-state index in [9.17, 15) is 9.59 Å². The van der Waals surface area contributed by atoms with Crippen molar-refractivity contribution in [2.24, 2.45) is 0 Å². The van der Waals surface area contributed by atoms with E-state index in [1.165, 1.54) is 0 Å². The van der Waals surface area contributed by atoms with Gasteiger partial charge in [0, 0.05) is 13.0 Å². The molecule has 20 heavy (non-hydrogen) atoms. The summed E-state index contributed by atoms with van der Waals surface area (Å²) in [5.74, 6) is -1.35. The minimum atomic E-state index is -0.992. The second-order valence-corrected chi connectivity index (χ2v) is 4.12. The molecule has 0 aliphatic heterocycles. The van der Waals surface area contributed by atoms with Gasteiger partial charge < -0.3 is 19.7 Å². The van der Waals surface area contributed by atoms with Crippen LogP contribution in [0.15, 0.2) is 24.3 Å². The number of carboxylic acids is 2. The van der Waals surface area contributed by atoms with Gasteiger partial charge in [-0.3, -0.25) is 4.79 Å². The summed E-state index contributed by atoms with van der Waals surface area (Å²) in [5.41, 5.74) is 0.816. The molecule has 0 aromatic heterocycles. The number of carboxylic acid groups (broad SMARTS) is 2. The van der Waals surface area contributed by atoms with Crippen LogP contribution < -0.4 is 4.74 Å². The van der Waals surface area contributed by atoms with Crippen molar-refractivity contribution in [3.63, 3.8) is 0 Å². The molecule has 0 spiro atoms. The lowest BCUT2D eigenvalue weighted by Crippen LogP contribution is -2.26. The van der Waals surface area contributed by atoms with Gasteiger partial charge in [-0.1, -0.05) is 12.1 Å². The van der Waals surface area contributed by atoms with Gasteiger partial charge in [0.25, 0.3) is 0 Å². The van der Waals surface area contributed by atoms with Crippen molar-refractivity contribution < 1.29 is 29.3 Å². The largest absolute Gasteiger partial charge is 0.493 e. The highest BCUT2D eigenvalue weighted by atomic mass is 16.5. The van der Waals surface area contributed by atoms with Crippen molar-refractivity contribution in [2.75, 3.05) is 13.2 Å². The summed E-state index contributed by atoms with van der Waals surface area (Å²) in [7, 11) is 0. The third-order valence-electron chi connectivity index (χ3n) is 2.57. The Kier molecular flexibility index (Phi) is 6.52. The molecule has 1 aromatic carbocycles. The Balaban J connectivity index is 2.52. The average molecular weight is 282 g/mol. The first-order valence-corrected chi connectivity index (χ1v) is 6.31. The Morgan fingerprint density at radius 3 is 2.35 bits per heavy atom. The molecular weight excluding hydrogens is 264 g/mol. The summed E-state index contributed by atoms with van der Waals surface area (Å²) in [6.45, 7) is 2.19. The molecule has 0 radical (unpaired) electrons. The number of hydrogen-bond donors (Lipinski definition) is 2. The Hall–Kier alpha value is -2.08. The fourth-order valence-electron chi connectivity index (χ4n) is 1.61. The summed E-state index contributed by atoms with van der Waals surface area (Å²) in [6, 6.07) is 6.85. The first-order valence-electron chi connectivity index (χ1n) is 6.31. The van der Waals surface area contributed by atoms with Crippen LogP contribution in [-0.2, 0) is 20.7 Å². The second kappa shape index (κ2) is 8.16. The topological polar surface area (TPSA) is 93.1 Å². The van der Waals surface area contributed by atoms with E-state index in [0.717, 1.165) is 5.56 Å². The standard InChI is InChI=1S/C14H18O6/c1-2-19-12(14(17)18)9-10-3-5-11(6-4-10)20-8-7-13(15)16/h3-6,12H,2,7-9H2,1H3,(H,15,16)(H,17,18)/t12-/m1/s1. The van der Waals surface area contributed by atoms with Gasteiger partial charge in [-0.2, -0.15) is 0 Å². The number of hydrogen-bond acceptors (Lipinski definition) is 4. The van der Waals surface area contributed by atoms with Gasteiger partial charge in [0.15, 0.2) is 6.10 Å². The van der Waals surface area contributed by atoms with E-state index < -0.39 is 18.0 Å². The number of aliphatic carboxylic acids is 2. The molecule has 6 heteroatoms. The van der Waals surface area contributed by atoms with Crippen LogP contribution in [0.25, 0.3) is 0 Å². The highest BCUT2D eigenvalue weighted by Crippen LogP contribution is 2.14. The monoisotopic (exact) mass is 282 g/mol. The summed E-state index contributed by atoms with van der Waals surface area (Å²) in [6.07, 6.45) is -0.648. The van der Waals surface area contributed by atoms with E-state index in [-0.39, 0.29) is 19.4 Å². The molecule has 2 N–H and O–H groups in total. The molecule has 0 bridgehead atoms. The van der Waals surface area contributed by atoms with Gasteiger partial charge in [0.1, 0.15) is 5.75 Å². The molecule has 6 nitrogen and oxygen atoms in total. The summed E-state index contributed by atoms with van der Waals surface area (Å²) in [5, 5.41) is 17.5. The van der Waals surface area contributed by atoms with E-state index in [4.69, 9.17) is 19.7 Å². The molecule has 0 aliphatic carbocycles. The second-order valence-electron chi connectivity index (χ2n) is 4.12. The van der Waals surface area contributed by atoms with E-state index in [1.54, 1.807) is 31.2 Å². The molecule has 0 aliphatic rings.